The van der Waals surface area contributed by atoms with Gasteiger partial charge in [0.05, 0.1) is 12.1 Å². The Morgan fingerprint density at radius 3 is 3.16 bits per heavy atom. The number of primary amides is 1. The number of aromatic nitrogens is 1. The summed E-state index contributed by atoms with van der Waals surface area (Å²) in [6.07, 6.45) is 5.34. The molecule has 0 radical (unpaired) electrons. The van der Waals surface area contributed by atoms with Crippen LogP contribution in [-0.4, -0.2) is 10.9 Å². The van der Waals surface area contributed by atoms with Crippen LogP contribution in [0.3, 0.4) is 0 Å². The standard InChI is InChI=1S/C14H15N3OS/c15-13(18)11-4-2-6-16-14(11)17-8-10-7-9-3-1-5-12(9)19-10/h2,4,6-7H,1,3,5,8H2,(H2,15,18)(H,16,17). The van der Waals surface area contributed by atoms with Gasteiger partial charge >= 0.3 is 0 Å². The van der Waals surface area contributed by atoms with Gasteiger partial charge in [0.1, 0.15) is 5.82 Å². The molecular formula is C14H15N3OS. The molecule has 19 heavy (non-hydrogen) atoms. The number of nitrogens with one attached hydrogen (secondary N) is 1. The van der Waals surface area contributed by atoms with Gasteiger partial charge in [-0.05, 0) is 43.0 Å². The number of fused-ring (bicyclic) bond motifs is 1. The molecule has 0 bridgehead atoms. The molecule has 0 spiro atoms. The Morgan fingerprint density at radius 2 is 2.37 bits per heavy atom. The Kier molecular flexibility index (Phi) is 3.21. The highest BCUT2D eigenvalue weighted by molar-refractivity contribution is 7.12. The van der Waals surface area contributed by atoms with Gasteiger partial charge in [-0.25, -0.2) is 4.98 Å². The van der Waals surface area contributed by atoms with E-state index in [1.165, 1.54) is 34.6 Å². The normalized spacial score (nSPS) is 13.3. The average Bonchev–Trinajstić information content (AvgIpc) is 2.97. The van der Waals surface area contributed by atoms with Crippen LogP contribution in [0.1, 0.15) is 32.1 Å². The molecule has 0 unspecified atom stereocenters. The molecule has 2 heterocycles. The van der Waals surface area contributed by atoms with Crippen molar-refractivity contribution in [2.24, 2.45) is 5.73 Å². The highest BCUT2D eigenvalue weighted by Gasteiger charge is 2.15. The van der Waals surface area contributed by atoms with E-state index >= 15 is 0 Å². The Morgan fingerprint density at radius 1 is 1.47 bits per heavy atom. The lowest BCUT2D eigenvalue weighted by atomic mass is 10.2. The smallest absolute Gasteiger partial charge is 0.252 e. The SMILES string of the molecule is NC(=O)c1cccnc1NCc1cc2c(s1)CCC2. The Balaban J connectivity index is 1.73. The van der Waals surface area contributed by atoms with Crippen LogP contribution in [0.2, 0.25) is 0 Å². The van der Waals surface area contributed by atoms with Crippen LogP contribution in [0.15, 0.2) is 24.4 Å². The van der Waals surface area contributed by atoms with Gasteiger partial charge in [-0.3, -0.25) is 4.79 Å². The molecule has 1 aliphatic rings. The van der Waals surface area contributed by atoms with Crippen molar-refractivity contribution in [3.05, 3.63) is 45.3 Å². The van der Waals surface area contributed by atoms with Crippen LogP contribution in [0.5, 0.6) is 0 Å². The Bertz CT molecular complexity index is 599. The van der Waals surface area contributed by atoms with Crippen LogP contribution in [0.4, 0.5) is 5.82 Å². The predicted molar refractivity (Wildman–Crippen MR) is 76.4 cm³/mol. The molecule has 98 valence electrons. The second kappa shape index (κ2) is 5.01. The number of aryl methyl sites for hydroxylation is 2. The van der Waals surface area contributed by atoms with Gasteiger partial charge in [0.15, 0.2) is 0 Å². The van der Waals surface area contributed by atoms with Crippen molar-refractivity contribution in [3.63, 3.8) is 0 Å². The van der Waals surface area contributed by atoms with Crippen molar-refractivity contribution < 1.29 is 4.79 Å². The van der Waals surface area contributed by atoms with Gasteiger partial charge in [0.2, 0.25) is 0 Å². The summed E-state index contributed by atoms with van der Waals surface area (Å²) in [4.78, 5) is 18.3. The van der Waals surface area contributed by atoms with Gasteiger partial charge in [-0.1, -0.05) is 0 Å². The van der Waals surface area contributed by atoms with E-state index in [4.69, 9.17) is 5.73 Å². The fourth-order valence-corrected chi connectivity index (χ4v) is 3.59. The van der Waals surface area contributed by atoms with Crippen LogP contribution >= 0.6 is 11.3 Å². The van der Waals surface area contributed by atoms with Gasteiger partial charge in [0.25, 0.3) is 5.91 Å². The zero-order chi connectivity index (χ0) is 13.2. The van der Waals surface area contributed by atoms with E-state index in [2.05, 4.69) is 16.4 Å². The molecule has 1 amide bonds. The highest BCUT2D eigenvalue weighted by atomic mass is 32.1. The number of carbonyl (C=O) groups is 1. The summed E-state index contributed by atoms with van der Waals surface area (Å²) in [5, 5.41) is 3.20. The fourth-order valence-electron chi connectivity index (χ4n) is 2.39. The summed E-state index contributed by atoms with van der Waals surface area (Å²) < 4.78 is 0. The van der Waals surface area contributed by atoms with Crippen molar-refractivity contribution in [2.75, 3.05) is 5.32 Å². The van der Waals surface area contributed by atoms with E-state index in [9.17, 15) is 4.79 Å². The van der Waals surface area contributed by atoms with Crippen molar-refractivity contribution in [1.82, 2.24) is 4.98 Å². The molecule has 0 aromatic carbocycles. The number of pyridine rings is 1. The third kappa shape index (κ3) is 2.46. The van der Waals surface area contributed by atoms with E-state index in [0.29, 0.717) is 17.9 Å². The van der Waals surface area contributed by atoms with Crippen molar-refractivity contribution >= 4 is 23.1 Å². The third-order valence-corrected chi connectivity index (χ3v) is 4.54. The average molecular weight is 273 g/mol. The summed E-state index contributed by atoms with van der Waals surface area (Å²) in [6.45, 7) is 0.689. The van der Waals surface area contributed by atoms with Gasteiger partial charge in [-0.15, -0.1) is 11.3 Å². The molecule has 2 aromatic heterocycles. The zero-order valence-electron chi connectivity index (χ0n) is 10.5. The zero-order valence-corrected chi connectivity index (χ0v) is 11.3. The van der Waals surface area contributed by atoms with E-state index < -0.39 is 5.91 Å². The molecule has 3 rings (SSSR count). The lowest BCUT2D eigenvalue weighted by Crippen LogP contribution is -2.15. The maximum Gasteiger partial charge on any atom is 0.252 e. The van der Waals surface area contributed by atoms with Crippen LogP contribution in [0, 0.1) is 0 Å². The van der Waals surface area contributed by atoms with E-state index in [1.807, 2.05) is 11.3 Å². The van der Waals surface area contributed by atoms with Crippen molar-refractivity contribution in [1.29, 1.82) is 0 Å². The van der Waals surface area contributed by atoms with E-state index in [0.717, 1.165) is 0 Å². The number of carbonyl (C=O) groups excluding carboxylic acids is 1. The molecule has 0 saturated heterocycles. The molecule has 0 saturated carbocycles. The summed E-state index contributed by atoms with van der Waals surface area (Å²) in [6, 6.07) is 5.66. The van der Waals surface area contributed by atoms with Crippen LogP contribution < -0.4 is 11.1 Å². The van der Waals surface area contributed by atoms with Gasteiger partial charge in [-0.2, -0.15) is 0 Å². The van der Waals surface area contributed by atoms with Crippen LogP contribution in [0.25, 0.3) is 0 Å². The number of hydrogen-bond acceptors (Lipinski definition) is 4. The number of amides is 1. The minimum absolute atomic E-state index is 0.437. The van der Waals surface area contributed by atoms with E-state index in [1.54, 1.807) is 18.3 Å². The highest BCUT2D eigenvalue weighted by Crippen LogP contribution is 2.30. The van der Waals surface area contributed by atoms with Gasteiger partial charge < -0.3 is 11.1 Å². The maximum atomic E-state index is 11.3. The second-order valence-corrected chi connectivity index (χ2v) is 5.85. The summed E-state index contributed by atoms with van der Waals surface area (Å²) in [7, 11) is 0. The van der Waals surface area contributed by atoms with Crippen molar-refractivity contribution in [3.8, 4) is 0 Å². The lowest BCUT2D eigenvalue weighted by Gasteiger charge is -2.07. The molecule has 0 fully saturated rings. The second-order valence-electron chi connectivity index (χ2n) is 4.63. The number of nitrogens with two attached hydrogens (primary N) is 1. The van der Waals surface area contributed by atoms with Crippen molar-refractivity contribution in [2.45, 2.75) is 25.8 Å². The molecule has 5 heteroatoms. The number of anilines is 1. The first-order chi connectivity index (χ1) is 9.24. The number of thiophene rings is 1. The first kappa shape index (κ1) is 12.2. The largest absolute Gasteiger partial charge is 0.365 e. The minimum atomic E-state index is -0.454. The number of nitrogens with zero attached hydrogens (tertiary/aromatic N) is 1. The number of hydrogen-bond donors (Lipinski definition) is 2. The Hall–Kier alpha value is -1.88. The topological polar surface area (TPSA) is 68.0 Å². The molecule has 4 nitrogen and oxygen atoms in total. The lowest BCUT2D eigenvalue weighted by molar-refractivity contribution is 0.100. The number of rotatable bonds is 4. The summed E-state index contributed by atoms with van der Waals surface area (Å²) in [5.41, 5.74) is 7.25. The van der Waals surface area contributed by atoms with Crippen LogP contribution in [-0.2, 0) is 19.4 Å². The summed E-state index contributed by atoms with van der Waals surface area (Å²) >= 11 is 1.85. The maximum absolute atomic E-state index is 11.3. The molecule has 2 aromatic rings. The molecule has 0 atom stereocenters. The molecular weight excluding hydrogens is 258 g/mol. The monoisotopic (exact) mass is 273 g/mol. The molecule has 0 aliphatic heterocycles. The Labute approximate surface area is 115 Å². The molecule has 3 N–H and O–H groups in total. The first-order valence-corrected chi connectivity index (χ1v) is 7.15. The third-order valence-electron chi connectivity index (χ3n) is 3.30. The minimum Gasteiger partial charge on any atom is -0.365 e. The van der Waals surface area contributed by atoms with Gasteiger partial charge in [0, 0.05) is 16.0 Å². The fraction of sp³-hybridized carbons (Fsp3) is 0.286. The molecule has 1 aliphatic carbocycles. The first-order valence-electron chi connectivity index (χ1n) is 6.33. The predicted octanol–water partition coefficient (Wildman–Crippen LogP) is 2.34. The summed E-state index contributed by atoms with van der Waals surface area (Å²) in [5.74, 6) is 0.104. The van der Waals surface area contributed by atoms with E-state index in [-0.39, 0.29) is 0 Å². The quantitative estimate of drug-likeness (QED) is 0.898.